The van der Waals surface area contributed by atoms with Gasteiger partial charge in [0.15, 0.2) is 0 Å². The molecule has 0 unspecified atom stereocenters. The van der Waals surface area contributed by atoms with E-state index in [-0.39, 0.29) is 6.54 Å². The Morgan fingerprint density at radius 2 is 1.45 bits per heavy atom. The molecule has 0 saturated heterocycles. The first kappa shape index (κ1) is 19.2. The number of benzene rings is 3. The predicted molar refractivity (Wildman–Crippen MR) is 112 cm³/mol. The predicted octanol–water partition coefficient (Wildman–Crippen LogP) is 4.73. The van der Waals surface area contributed by atoms with Crippen LogP contribution in [0.5, 0.6) is 0 Å². The molecule has 3 aromatic rings. The van der Waals surface area contributed by atoms with Crippen molar-refractivity contribution in [2.75, 3.05) is 11.9 Å². The first-order chi connectivity index (χ1) is 14.0. The second kappa shape index (κ2) is 8.11. The van der Waals surface area contributed by atoms with Gasteiger partial charge < -0.3 is 5.32 Å². The number of hydrogen-bond donors (Lipinski definition) is 1. The van der Waals surface area contributed by atoms with Crippen LogP contribution in [-0.4, -0.2) is 29.2 Å². The molecule has 0 bridgehead atoms. The Labute approximate surface area is 176 Å². The number of nitrogens with zero attached hydrogens (tertiary/aromatic N) is 1. The number of amides is 3. The third-order valence-corrected chi connectivity index (χ3v) is 5.72. The smallest absolute Gasteiger partial charge is 0.262 e. The van der Waals surface area contributed by atoms with E-state index in [0.717, 1.165) is 14.7 Å². The van der Waals surface area contributed by atoms with Crippen molar-refractivity contribution in [3.63, 3.8) is 0 Å². The second-order valence-corrected chi connectivity index (χ2v) is 7.89. The van der Waals surface area contributed by atoms with E-state index in [9.17, 15) is 14.4 Å². The zero-order valence-electron chi connectivity index (χ0n) is 15.1. The standard InChI is InChI=1S/C22H15ClN2O3S/c23-14-9-11-15(12-10-14)29-19-8-4-3-7-18(19)24-20(26)13-25-21(27)16-5-1-2-6-17(16)22(25)28/h1-12H,13H2,(H,24,26). The van der Waals surface area contributed by atoms with Crippen LogP contribution in [0, 0.1) is 0 Å². The van der Waals surface area contributed by atoms with Gasteiger partial charge in [-0.2, -0.15) is 0 Å². The molecule has 0 aliphatic carbocycles. The minimum Gasteiger partial charge on any atom is -0.323 e. The van der Waals surface area contributed by atoms with Crippen molar-refractivity contribution < 1.29 is 14.4 Å². The quantitative estimate of drug-likeness (QED) is 0.604. The SMILES string of the molecule is O=C(CN1C(=O)c2ccccc2C1=O)Nc1ccccc1Sc1ccc(Cl)cc1. The Hall–Kier alpha value is -3.09. The van der Waals surface area contributed by atoms with Crippen LogP contribution in [0.25, 0.3) is 0 Å². The number of carbonyl (C=O) groups excluding carboxylic acids is 3. The monoisotopic (exact) mass is 422 g/mol. The van der Waals surface area contributed by atoms with E-state index in [2.05, 4.69) is 5.32 Å². The molecule has 1 aliphatic rings. The first-order valence-electron chi connectivity index (χ1n) is 8.80. The maximum atomic E-state index is 12.6. The molecule has 29 heavy (non-hydrogen) atoms. The summed E-state index contributed by atoms with van der Waals surface area (Å²) in [5.41, 5.74) is 1.25. The molecule has 1 aliphatic heterocycles. The fourth-order valence-electron chi connectivity index (χ4n) is 3.00. The van der Waals surface area contributed by atoms with Gasteiger partial charge in [0, 0.05) is 14.8 Å². The average molecular weight is 423 g/mol. The summed E-state index contributed by atoms with van der Waals surface area (Å²) >= 11 is 7.40. The van der Waals surface area contributed by atoms with E-state index in [4.69, 9.17) is 11.6 Å². The van der Waals surface area contributed by atoms with Gasteiger partial charge >= 0.3 is 0 Å². The van der Waals surface area contributed by atoms with Crippen LogP contribution in [0.1, 0.15) is 20.7 Å². The molecule has 1 N–H and O–H groups in total. The summed E-state index contributed by atoms with van der Waals surface area (Å²) in [6.45, 7) is -0.341. The lowest BCUT2D eigenvalue weighted by molar-refractivity contribution is -0.116. The lowest BCUT2D eigenvalue weighted by atomic mass is 10.1. The Balaban J connectivity index is 1.48. The van der Waals surface area contributed by atoms with Gasteiger partial charge in [0.2, 0.25) is 5.91 Å². The molecule has 4 rings (SSSR count). The fraction of sp³-hybridized carbons (Fsp3) is 0.0455. The molecule has 0 atom stereocenters. The van der Waals surface area contributed by atoms with Gasteiger partial charge in [0.25, 0.3) is 11.8 Å². The van der Waals surface area contributed by atoms with E-state index in [0.29, 0.717) is 21.8 Å². The van der Waals surface area contributed by atoms with E-state index < -0.39 is 17.7 Å². The molecule has 0 radical (unpaired) electrons. The molecule has 0 spiro atoms. The van der Waals surface area contributed by atoms with Crippen LogP contribution in [0.4, 0.5) is 5.69 Å². The molecular weight excluding hydrogens is 408 g/mol. The van der Waals surface area contributed by atoms with Crippen LogP contribution >= 0.6 is 23.4 Å². The number of anilines is 1. The molecule has 3 amide bonds. The van der Waals surface area contributed by atoms with E-state index in [1.807, 2.05) is 30.3 Å². The molecule has 7 heteroatoms. The third-order valence-electron chi connectivity index (χ3n) is 4.38. The molecule has 0 fully saturated rings. The normalized spacial score (nSPS) is 12.8. The highest BCUT2D eigenvalue weighted by molar-refractivity contribution is 7.99. The average Bonchev–Trinajstić information content (AvgIpc) is 2.96. The maximum absolute atomic E-state index is 12.6. The summed E-state index contributed by atoms with van der Waals surface area (Å²) in [7, 11) is 0. The van der Waals surface area contributed by atoms with Crippen molar-refractivity contribution in [1.29, 1.82) is 0 Å². The number of nitrogens with one attached hydrogen (secondary N) is 1. The lowest BCUT2D eigenvalue weighted by Gasteiger charge is -2.15. The molecular formula is C22H15ClN2O3S. The number of fused-ring (bicyclic) bond motifs is 1. The Kier molecular flexibility index (Phi) is 5.38. The number of halogens is 1. The van der Waals surface area contributed by atoms with Crippen molar-refractivity contribution in [1.82, 2.24) is 4.90 Å². The Morgan fingerprint density at radius 3 is 2.10 bits per heavy atom. The van der Waals surface area contributed by atoms with Crippen molar-refractivity contribution >= 4 is 46.8 Å². The van der Waals surface area contributed by atoms with Gasteiger partial charge in [-0.1, -0.05) is 47.6 Å². The van der Waals surface area contributed by atoms with Gasteiger partial charge in [-0.25, -0.2) is 0 Å². The lowest BCUT2D eigenvalue weighted by Crippen LogP contribution is -2.37. The maximum Gasteiger partial charge on any atom is 0.262 e. The molecule has 144 valence electrons. The molecule has 0 saturated carbocycles. The largest absolute Gasteiger partial charge is 0.323 e. The van der Waals surface area contributed by atoms with Crippen LogP contribution in [0.3, 0.4) is 0 Å². The van der Waals surface area contributed by atoms with Crippen molar-refractivity contribution in [2.24, 2.45) is 0 Å². The van der Waals surface area contributed by atoms with Crippen LogP contribution in [0.2, 0.25) is 5.02 Å². The summed E-state index contributed by atoms with van der Waals surface area (Å²) in [4.78, 5) is 40.2. The second-order valence-electron chi connectivity index (χ2n) is 6.34. The van der Waals surface area contributed by atoms with Crippen LogP contribution < -0.4 is 5.32 Å². The zero-order valence-corrected chi connectivity index (χ0v) is 16.7. The third kappa shape index (κ3) is 4.04. The number of carbonyl (C=O) groups is 3. The summed E-state index contributed by atoms with van der Waals surface area (Å²) in [5, 5.41) is 3.45. The molecule has 3 aromatic carbocycles. The minimum atomic E-state index is -0.454. The number of rotatable bonds is 5. The fourth-order valence-corrected chi connectivity index (χ4v) is 4.03. The van der Waals surface area contributed by atoms with E-state index in [1.54, 1.807) is 42.5 Å². The van der Waals surface area contributed by atoms with Gasteiger partial charge in [-0.15, -0.1) is 0 Å². The number of para-hydroxylation sites is 1. The van der Waals surface area contributed by atoms with Gasteiger partial charge in [0.05, 0.1) is 16.8 Å². The van der Waals surface area contributed by atoms with E-state index >= 15 is 0 Å². The Bertz CT molecular complexity index is 1080. The van der Waals surface area contributed by atoms with Crippen molar-refractivity contribution in [3.05, 3.63) is 88.9 Å². The Morgan fingerprint density at radius 1 is 0.862 bits per heavy atom. The first-order valence-corrected chi connectivity index (χ1v) is 10.00. The van der Waals surface area contributed by atoms with Crippen LogP contribution in [-0.2, 0) is 4.79 Å². The number of hydrogen-bond acceptors (Lipinski definition) is 4. The summed E-state index contributed by atoms with van der Waals surface area (Å²) in [5.74, 6) is -1.35. The summed E-state index contributed by atoms with van der Waals surface area (Å²) in [6.07, 6.45) is 0. The summed E-state index contributed by atoms with van der Waals surface area (Å²) in [6, 6.07) is 21.3. The van der Waals surface area contributed by atoms with E-state index in [1.165, 1.54) is 11.8 Å². The van der Waals surface area contributed by atoms with Gasteiger partial charge in [-0.3, -0.25) is 19.3 Å². The van der Waals surface area contributed by atoms with Crippen molar-refractivity contribution in [3.8, 4) is 0 Å². The highest BCUT2D eigenvalue weighted by atomic mass is 35.5. The summed E-state index contributed by atoms with van der Waals surface area (Å²) < 4.78 is 0. The van der Waals surface area contributed by atoms with Gasteiger partial charge in [0.1, 0.15) is 6.54 Å². The minimum absolute atomic E-state index is 0.323. The zero-order chi connectivity index (χ0) is 20.4. The highest BCUT2D eigenvalue weighted by Crippen LogP contribution is 2.34. The van der Waals surface area contributed by atoms with Gasteiger partial charge in [-0.05, 0) is 48.5 Å². The highest BCUT2D eigenvalue weighted by Gasteiger charge is 2.36. The number of imide groups is 1. The van der Waals surface area contributed by atoms with Crippen LogP contribution in [0.15, 0.2) is 82.6 Å². The molecule has 0 aromatic heterocycles. The topological polar surface area (TPSA) is 66.5 Å². The van der Waals surface area contributed by atoms with Crippen molar-refractivity contribution in [2.45, 2.75) is 9.79 Å². The molecule has 1 heterocycles. The molecule has 5 nitrogen and oxygen atoms in total.